The normalized spacial score (nSPS) is 35.6. The molecule has 2 rings (SSSR count). The number of carbonyl (C=O) groups is 2. The molecule has 0 bridgehead atoms. The standard InChI is InChI=1S/C12H20N2O4/c13-12(4-5-18-7-12)11(17)14-6-8-2-1-3-9(8)10(15)16/h8-9H,1-7,13H2,(H,14,17)(H,15,16). The zero-order valence-corrected chi connectivity index (χ0v) is 10.4. The highest BCUT2D eigenvalue weighted by Crippen LogP contribution is 2.31. The fourth-order valence-corrected chi connectivity index (χ4v) is 2.77. The van der Waals surface area contributed by atoms with Crippen molar-refractivity contribution in [3.63, 3.8) is 0 Å². The van der Waals surface area contributed by atoms with Gasteiger partial charge >= 0.3 is 5.97 Å². The molecule has 1 aliphatic carbocycles. The smallest absolute Gasteiger partial charge is 0.306 e. The van der Waals surface area contributed by atoms with Crippen LogP contribution in [0.25, 0.3) is 0 Å². The van der Waals surface area contributed by atoms with Gasteiger partial charge in [-0.15, -0.1) is 0 Å². The highest BCUT2D eigenvalue weighted by molar-refractivity contribution is 5.86. The molecule has 4 N–H and O–H groups in total. The molecule has 2 fully saturated rings. The van der Waals surface area contributed by atoms with E-state index in [2.05, 4.69) is 5.32 Å². The molecular formula is C12H20N2O4. The van der Waals surface area contributed by atoms with Gasteiger partial charge in [0.2, 0.25) is 5.91 Å². The lowest BCUT2D eigenvalue weighted by Crippen LogP contribution is -2.55. The Hall–Kier alpha value is -1.14. The first-order chi connectivity index (χ1) is 8.53. The Balaban J connectivity index is 1.84. The van der Waals surface area contributed by atoms with Gasteiger partial charge in [-0.3, -0.25) is 9.59 Å². The van der Waals surface area contributed by atoms with Crippen molar-refractivity contribution in [1.29, 1.82) is 0 Å². The van der Waals surface area contributed by atoms with Crippen LogP contribution in [0, 0.1) is 11.8 Å². The van der Waals surface area contributed by atoms with Gasteiger partial charge < -0.3 is 20.9 Å². The van der Waals surface area contributed by atoms with Gasteiger partial charge in [-0.25, -0.2) is 0 Å². The number of carboxylic acid groups (broad SMARTS) is 1. The Morgan fingerprint density at radius 2 is 2.22 bits per heavy atom. The largest absolute Gasteiger partial charge is 0.481 e. The average Bonchev–Trinajstić information content (AvgIpc) is 2.95. The quantitative estimate of drug-likeness (QED) is 0.642. The maximum absolute atomic E-state index is 11.9. The van der Waals surface area contributed by atoms with E-state index in [4.69, 9.17) is 15.6 Å². The van der Waals surface area contributed by atoms with Crippen molar-refractivity contribution in [2.24, 2.45) is 17.6 Å². The van der Waals surface area contributed by atoms with Crippen molar-refractivity contribution < 1.29 is 19.4 Å². The maximum Gasteiger partial charge on any atom is 0.306 e. The summed E-state index contributed by atoms with van der Waals surface area (Å²) in [5.41, 5.74) is 5.00. The summed E-state index contributed by atoms with van der Waals surface area (Å²) in [7, 11) is 0. The molecule has 1 saturated heterocycles. The van der Waals surface area contributed by atoms with Gasteiger partial charge in [0.05, 0.1) is 12.5 Å². The van der Waals surface area contributed by atoms with Crippen molar-refractivity contribution in [2.75, 3.05) is 19.8 Å². The van der Waals surface area contributed by atoms with Crippen molar-refractivity contribution in [2.45, 2.75) is 31.2 Å². The van der Waals surface area contributed by atoms with E-state index >= 15 is 0 Å². The Morgan fingerprint density at radius 1 is 1.44 bits per heavy atom. The summed E-state index contributed by atoms with van der Waals surface area (Å²) in [5, 5.41) is 11.8. The summed E-state index contributed by atoms with van der Waals surface area (Å²) < 4.78 is 5.13. The number of amides is 1. The summed E-state index contributed by atoms with van der Waals surface area (Å²) >= 11 is 0. The predicted octanol–water partition coefficient (Wildman–Crippen LogP) is -0.279. The maximum atomic E-state index is 11.9. The third-order valence-corrected chi connectivity index (χ3v) is 4.01. The van der Waals surface area contributed by atoms with E-state index in [0.717, 1.165) is 12.8 Å². The SMILES string of the molecule is NC1(C(=O)NCC2CCCC2C(=O)O)CCOC1. The minimum Gasteiger partial charge on any atom is -0.481 e. The molecule has 1 aliphatic heterocycles. The molecule has 1 heterocycles. The van der Waals surface area contributed by atoms with Gasteiger partial charge in [0, 0.05) is 13.2 Å². The van der Waals surface area contributed by atoms with Gasteiger partial charge in [-0.2, -0.15) is 0 Å². The van der Waals surface area contributed by atoms with E-state index < -0.39 is 11.5 Å². The molecule has 0 aromatic heterocycles. The Bertz CT molecular complexity index is 339. The first-order valence-electron chi connectivity index (χ1n) is 6.41. The van der Waals surface area contributed by atoms with Crippen LogP contribution in [0.4, 0.5) is 0 Å². The minimum absolute atomic E-state index is 0.0253. The molecule has 0 aromatic rings. The number of hydrogen-bond donors (Lipinski definition) is 3. The van der Waals surface area contributed by atoms with Crippen LogP contribution in [0.5, 0.6) is 0 Å². The van der Waals surface area contributed by atoms with Crippen molar-refractivity contribution in [3.8, 4) is 0 Å². The molecule has 1 amide bonds. The van der Waals surface area contributed by atoms with E-state index in [1.807, 2.05) is 0 Å². The summed E-state index contributed by atoms with van der Waals surface area (Å²) in [6.07, 6.45) is 2.98. The molecule has 0 aromatic carbocycles. The van der Waals surface area contributed by atoms with Crippen molar-refractivity contribution in [3.05, 3.63) is 0 Å². The monoisotopic (exact) mass is 256 g/mol. The lowest BCUT2D eigenvalue weighted by Gasteiger charge is -2.23. The zero-order chi connectivity index (χ0) is 13.2. The third kappa shape index (κ3) is 2.64. The summed E-state index contributed by atoms with van der Waals surface area (Å²) in [4.78, 5) is 23.0. The average molecular weight is 256 g/mol. The number of ether oxygens (including phenoxy) is 1. The molecule has 2 aliphatic rings. The van der Waals surface area contributed by atoms with Crippen molar-refractivity contribution in [1.82, 2.24) is 5.32 Å². The predicted molar refractivity (Wildman–Crippen MR) is 63.8 cm³/mol. The first kappa shape index (κ1) is 13.3. The molecule has 3 unspecified atom stereocenters. The third-order valence-electron chi connectivity index (χ3n) is 4.01. The van der Waals surface area contributed by atoms with Crippen LogP contribution in [0.15, 0.2) is 0 Å². The first-order valence-corrected chi connectivity index (χ1v) is 6.41. The van der Waals surface area contributed by atoms with Crippen LogP contribution in [-0.2, 0) is 14.3 Å². The topological polar surface area (TPSA) is 102 Å². The molecule has 3 atom stereocenters. The number of carboxylic acids is 1. The number of carbonyl (C=O) groups excluding carboxylic acids is 1. The van der Waals surface area contributed by atoms with E-state index in [-0.39, 0.29) is 24.3 Å². The number of aliphatic carboxylic acids is 1. The van der Waals surface area contributed by atoms with Crippen LogP contribution in [0.3, 0.4) is 0 Å². The molecule has 18 heavy (non-hydrogen) atoms. The van der Waals surface area contributed by atoms with Crippen LogP contribution in [0.2, 0.25) is 0 Å². The van der Waals surface area contributed by atoms with Crippen LogP contribution in [0.1, 0.15) is 25.7 Å². The molecule has 0 spiro atoms. The number of nitrogens with one attached hydrogen (secondary N) is 1. The second-order valence-electron chi connectivity index (χ2n) is 5.30. The van der Waals surface area contributed by atoms with Crippen LogP contribution in [-0.4, -0.2) is 42.3 Å². The molecule has 6 heteroatoms. The zero-order valence-electron chi connectivity index (χ0n) is 10.4. The highest BCUT2D eigenvalue weighted by atomic mass is 16.5. The Kier molecular flexibility index (Phi) is 3.87. The fraction of sp³-hybridized carbons (Fsp3) is 0.833. The lowest BCUT2D eigenvalue weighted by atomic mass is 9.95. The van der Waals surface area contributed by atoms with Crippen LogP contribution >= 0.6 is 0 Å². The molecule has 102 valence electrons. The van der Waals surface area contributed by atoms with Crippen molar-refractivity contribution >= 4 is 11.9 Å². The lowest BCUT2D eigenvalue weighted by molar-refractivity contribution is -0.143. The van der Waals surface area contributed by atoms with E-state index in [9.17, 15) is 9.59 Å². The summed E-state index contributed by atoms with van der Waals surface area (Å²) in [6, 6.07) is 0. The van der Waals surface area contributed by atoms with Gasteiger partial charge in [0.1, 0.15) is 5.54 Å². The Labute approximate surface area is 106 Å². The minimum atomic E-state index is -0.933. The highest BCUT2D eigenvalue weighted by Gasteiger charge is 2.39. The molecule has 1 saturated carbocycles. The van der Waals surface area contributed by atoms with Crippen LogP contribution < -0.4 is 11.1 Å². The molecular weight excluding hydrogens is 236 g/mol. The second kappa shape index (κ2) is 5.24. The fourth-order valence-electron chi connectivity index (χ4n) is 2.77. The van der Waals surface area contributed by atoms with Gasteiger partial charge in [-0.05, 0) is 25.2 Å². The number of nitrogens with two attached hydrogens (primary N) is 1. The van der Waals surface area contributed by atoms with E-state index in [0.29, 0.717) is 26.0 Å². The molecule has 6 nitrogen and oxygen atoms in total. The van der Waals surface area contributed by atoms with E-state index in [1.165, 1.54) is 0 Å². The Morgan fingerprint density at radius 3 is 2.83 bits per heavy atom. The molecule has 0 radical (unpaired) electrons. The van der Waals surface area contributed by atoms with Gasteiger partial charge in [0.25, 0.3) is 0 Å². The second-order valence-corrected chi connectivity index (χ2v) is 5.30. The summed E-state index contributed by atoms with van der Waals surface area (Å²) in [5.74, 6) is -1.30. The van der Waals surface area contributed by atoms with E-state index in [1.54, 1.807) is 0 Å². The number of hydrogen-bond acceptors (Lipinski definition) is 4. The van der Waals surface area contributed by atoms with Gasteiger partial charge in [0.15, 0.2) is 0 Å². The van der Waals surface area contributed by atoms with Gasteiger partial charge in [-0.1, -0.05) is 6.42 Å². The summed E-state index contributed by atoms with van der Waals surface area (Å²) in [6.45, 7) is 1.14. The number of rotatable bonds is 4.